The second-order valence-electron chi connectivity index (χ2n) is 4.74. The lowest BCUT2D eigenvalue weighted by Crippen LogP contribution is -2.53. The van der Waals surface area contributed by atoms with Gasteiger partial charge >= 0.3 is 0 Å². The molecule has 0 bridgehead atoms. The minimum Gasteiger partial charge on any atom is -0.490 e. The van der Waals surface area contributed by atoms with Crippen molar-refractivity contribution in [3.05, 3.63) is 29.8 Å². The molecule has 2 atom stereocenters. The summed E-state index contributed by atoms with van der Waals surface area (Å²) < 4.78 is 31.4. The molecule has 0 radical (unpaired) electrons. The first kappa shape index (κ1) is 11.6. The van der Waals surface area contributed by atoms with Crippen molar-refractivity contribution in [3.8, 4) is 5.75 Å². The molecule has 1 aliphatic carbocycles. The lowest BCUT2D eigenvalue weighted by atomic mass is 9.68. The van der Waals surface area contributed by atoms with Gasteiger partial charge in [0.15, 0.2) is 0 Å². The van der Waals surface area contributed by atoms with E-state index in [9.17, 15) is 8.78 Å². The predicted octanol–water partition coefficient (Wildman–Crippen LogP) is 3.75. The summed E-state index contributed by atoms with van der Waals surface area (Å²) in [7, 11) is 0. The molecule has 2 unspecified atom stereocenters. The molecule has 1 nitrogen and oxygen atoms in total. The average molecular weight is 247 g/mol. The minimum absolute atomic E-state index is 0.0518. The van der Waals surface area contributed by atoms with E-state index in [4.69, 9.17) is 16.3 Å². The van der Waals surface area contributed by atoms with Crippen LogP contribution in [0.25, 0.3) is 0 Å². The third-order valence-corrected chi connectivity index (χ3v) is 3.91. The van der Waals surface area contributed by atoms with E-state index in [1.807, 2.05) is 13.8 Å². The predicted molar refractivity (Wildman–Crippen MR) is 58.8 cm³/mol. The van der Waals surface area contributed by atoms with Crippen LogP contribution in [0.1, 0.15) is 20.3 Å². The molecule has 0 spiro atoms. The Kier molecular flexibility index (Phi) is 2.82. The van der Waals surface area contributed by atoms with Gasteiger partial charge in [0.05, 0.1) is 0 Å². The van der Waals surface area contributed by atoms with Crippen LogP contribution in [0.15, 0.2) is 18.2 Å². The average Bonchev–Trinajstić information content (AvgIpc) is 2.15. The van der Waals surface area contributed by atoms with Gasteiger partial charge in [-0.15, -0.1) is 11.6 Å². The normalized spacial score (nSPS) is 27.3. The molecule has 2 rings (SSSR count). The van der Waals surface area contributed by atoms with Crippen molar-refractivity contribution in [1.82, 2.24) is 0 Å². The van der Waals surface area contributed by atoms with Gasteiger partial charge in [0.1, 0.15) is 23.5 Å². The standard InChI is InChI=1S/C12H13ClF2O/c1-12(2)10(13)6-11(12)16-9-4-7(14)3-8(15)5-9/h3-5,10-11H,6H2,1-2H3. The Bertz CT molecular complexity index is 386. The third-order valence-electron chi connectivity index (χ3n) is 3.17. The van der Waals surface area contributed by atoms with Crippen molar-refractivity contribution >= 4 is 11.6 Å². The Hall–Kier alpha value is -0.830. The molecule has 1 aliphatic rings. The first-order chi connectivity index (χ1) is 7.39. The zero-order valence-electron chi connectivity index (χ0n) is 9.14. The fourth-order valence-corrected chi connectivity index (χ4v) is 2.10. The molecule has 0 heterocycles. The summed E-state index contributed by atoms with van der Waals surface area (Å²) in [6, 6.07) is 3.19. The molecule has 1 saturated carbocycles. The molecule has 1 fully saturated rings. The zero-order chi connectivity index (χ0) is 11.9. The van der Waals surface area contributed by atoms with Crippen molar-refractivity contribution in [2.24, 2.45) is 5.41 Å². The number of hydrogen-bond acceptors (Lipinski definition) is 1. The maximum absolute atomic E-state index is 12.9. The van der Waals surface area contributed by atoms with E-state index in [0.29, 0.717) is 6.42 Å². The summed E-state index contributed by atoms with van der Waals surface area (Å²) in [6.45, 7) is 3.96. The Morgan fingerprint density at radius 1 is 1.25 bits per heavy atom. The highest BCUT2D eigenvalue weighted by molar-refractivity contribution is 6.21. The van der Waals surface area contributed by atoms with Gasteiger partial charge in [-0.2, -0.15) is 0 Å². The van der Waals surface area contributed by atoms with Crippen LogP contribution >= 0.6 is 11.6 Å². The zero-order valence-corrected chi connectivity index (χ0v) is 9.89. The summed E-state index contributed by atoms with van der Waals surface area (Å²) in [5, 5.41) is 0.0518. The van der Waals surface area contributed by atoms with Crippen molar-refractivity contribution in [3.63, 3.8) is 0 Å². The second-order valence-corrected chi connectivity index (χ2v) is 5.26. The fourth-order valence-electron chi connectivity index (χ4n) is 1.80. The summed E-state index contributed by atoms with van der Waals surface area (Å²) in [4.78, 5) is 0. The van der Waals surface area contributed by atoms with E-state index < -0.39 is 11.6 Å². The van der Waals surface area contributed by atoms with Crippen LogP contribution < -0.4 is 4.74 Å². The van der Waals surface area contributed by atoms with Crippen LogP contribution in [0.2, 0.25) is 0 Å². The summed E-state index contributed by atoms with van der Waals surface area (Å²) in [5.74, 6) is -1.04. The van der Waals surface area contributed by atoms with Crippen molar-refractivity contribution < 1.29 is 13.5 Å². The molecule has 0 amide bonds. The smallest absolute Gasteiger partial charge is 0.129 e. The highest BCUT2D eigenvalue weighted by atomic mass is 35.5. The Balaban J connectivity index is 2.11. The van der Waals surface area contributed by atoms with Gasteiger partial charge in [-0.1, -0.05) is 13.8 Å². The van der Waals surface area contributed by atoms with E-state index in [2.05, 4.69) is 0 Å². The topological polar surface area (TPSA) is 9.23 Å². The minimum atomic E-state index is -0.630. The van der Waals surface area contributed by atoms with Gasteiger partial charge in [0.2, 0.25) is 0 Å². The van der Waals surface area contributed by atoms with Crippen LogP contribution in [0.3, 0.4) is 0 Å². The number of halogens is 3. The van der Waals surface area contributed by atoms with E-state index in [1.54, 1.807) is 0 Å². The van der Waals surface area contributed by atoms with E-state index >= 15 is 0 Å². The van der Waals surface area contributed by atoms with E-state index in [0.717, 1.165) is 6.07 Å². The Morgan fingerprint density at radius 3 is 2.25 bits per heavy atom. The molecular formula is C12H13ClF2O. The molecular weight excluding hydrogens is 234 g/mol. The maximum atomic E-state index is 12.9. The molecule has 88 valence electrons. The number of benzene rings is 1. The van der Waals surface area contributed by atoms with Gasteiger partial charge in [0.25, 0.3) is 0 Å². The summed E-state index contributed by atoms with van der Waals surface area (Å²) >= 11 is 6.04. The maximum Gasteiger partial charge on any atom is 0.129 e. The third kappa shape index (κ3) is 2.01. The molecule has 0 saturated heterocycles. The highest BCUT2D eigenvalue weighted by Crippen LogP contribution is 2.46. The molecule has 1 aromatic rings. The number of rotatable bonds is 2. The molecule has 0 aliphatic heterocycles. The number of alkyl halides is 1. The van der Waals surface area contributed by atoms with Gasteiger partial charge < -0.3 is 4.74 Å². The van der Waals surface area contributed by atoms with Crippen molar-refractivity contribution in [2.75, 3.05) is 0 Å². The van der Waals surface area contributed by atoms with Crippen molar-refractivity contribution in [2.45, 2.75) is 31.7 Å². The Morgan fingerprint density at radius 2 is 1.81 bits per heavy atom. The first-order valence-electron chi connectivity index (χ1n) is 5.16. The van der Waals surface area contributed by atoms with Crippen molar-refractivity contribution in [1.29, 1.82) is 0 Å². The molecule has 4 heteroatoms. The lowest BCUT2D eigenvalue weighted by molar-refractivity contribution is -0.0133. The molecule has 0 aromatic heterocycles. The van der Waals surface area contributed by atoms with E-state index in [1.165, 1.54) is 12.1 Å². The highest BCUT2D eigenvalue weighted by Gasteiger charge is 2.49. The van der Waals surface area contributed by atoms with Gasteiger partial charge in [-0.25, -0.2) is 8.78 Å². The first-order valence-corrected chi connectivity index (χ1v) is 5.60. The SMILES string of the molecule is CC1(C)C(Cl)CC1Oc1cc(F)cc(F)c1. The van der Waals surface area contributed by atoms with Crippen LogP contribution in [-0.4, -0.2) is 11.5 Å². The summed E-state index contributed by atoms with van der Waals surface area (Å²) in [6.07, 6.45) is 0.614. The second kappa shape index (κ2) is 3.88. The summed E-state index contributed by atoms with van der Waals surface area (Å²) in [5.41, 5.74) is -0.162. The molecule has 1 aromatic carbocycles. The van der Waals surface area contributed by atoms with Crippen LogP contribution in [0.5, 0.6) is 5.75 Å². The monoisotopic (exact) mass is 246 g/mol. The number of hydrogen-bond donors (Lipinski definition) is 0. The van der Waals surface area contributed by atoms with Gasteiger partial charge in [-0.05, 0) is 0 Å². The van der Waals surface area contributed by atoms with Crippen LogP contribution in [0.4, 0.5) is 8.78 Å². The van der Waals surface area contributed by atoms with Crippen LogP contribution in [0, 0.1) is 17.0 Å². The van der Waals surface area contributed by atoms with Gasteiger partial charge in [0, 0.05) is 35.4 Å². The molecule has 0 N–H and O–H groups in total. The van der Waals surface area contributed by atoms with Gasteiger partial charge in [-0.3, -0.25) is 0 Å². The lowest BCUT2D eigenvalue weighted by Gasteiger charge is -2.48. The van der Waals surface area contributed by atoms with Crippen LogP contribution in [-0.2, 0) is 0 Å². The Labute approximate surface area is 98.4 Å². The molecule has 16 heavy (non-hydrogen) atoms. The quantitative estimate of drug-likeness (QED) is 0.722. The number of ether oxygens (including phenoxy) is 1. The van der Waals surface area contributed by atoms with E-state index in [-0.39, 0.29) is 22.6 Å². The fraction of sp³-hybridized carbons (Fsp3) is 0.500. The largest absolute Gasteiger partial charge is 0.490 e.